The predicted molar refractivity (Wildman–Crippen MR) is 64.2 cm³/mol. The summed E-state index contributed by atoms with van der Waals surface area (Å²) in [5.41, 5.74) is 12.4. The Balaban J connectivity index is 2.54. The minimum absolute atomic E-state index is 0.172. The van der Waals surface area contributed by atoms with Gasteiger partial charge >= 0.3 is 0 Å². The zero-order chi connectivity index (χ0) is 12.4. The zero-order valence-electron chi connectivity index (χ0n) is 9.43. The van der Waals surface area contributed by atoms with Crippen molar-refractivity contribution in [1.29, 1.82) is 0 Å². The van der Waals surface area contributed by atoms with Gasteiger partial charge in [-0.05, 0) is 12.1 Å². The number of nitrogens with two attached hydrogens (primary N) is 2. The van der Waals surface area contributed by atoms with Gasteiger partial charge in [0, 0.05) is 12.1 Å². The van der Waals surface area contributed by atoms with Crippen molar-refractivity contribution in [1.82, 2.24) is 4.98 Å². The minimum atomic E-state index is -0.591. The number of oxazole rings is 1. The van der Waals surface area contributed by atoms with Crippen LogP contribution in [0.25, 0.3) is 11.5 Å². The van der Waals surface area contributed by atoms with Crippen LogP contribution in [0.2, 0.25) is 0 Å². The molecule has 0 bridgehead atoms. The number of carbonyl (C=O) groups is 1. The number of nitrogens with zero attached hydrogens (tertiary/aromatic N) is 1. The SMILES string of the molecule is CCc1oc(-c2ccccc2N)nc1C(N)=O. The first-order valence-corrected chi connectivity index (χ1v) is 5.27. The van der Waals surface area contributed by atoms with Gasteiger partial charge in [0.1, 0.15) is 5.76 Å². The summed E-state index contributed by atoms with van der Waals surface area (Å²) in [5, 5.41) is 0. The lowest BCUT2D eigenvalue weighted by molar-refractivity contribution is 0.0994. The van der Waals surface area contributed by atoms with Crippen LogP contribution in [0.15, 0.2) is 28.7 Å². The van der Waals surface area contributed by atoms with E-state index in [9.17, 15) is 4.79 Å². The average Bonchev–Trinajstić information content (AvgIpc) is 2.73. The van der Waals surface area contributed by atoms with Gasteiger partial charge in [0.25, 0.3) is 5.91 Å². The first-order chi connectivity index (χ1) is 8.13. The minimum Gasteiger partial charge on any atom is -0.440 e. The number of aryl methyl sites for hydroxylation is 1. The van der Waals surface area contributed by atoms with Gasteiger partial charge in [-0.3, -0.25) is 4.79 Å². The molecule has 0 unspecified atom stereocenters. The lowest BCUT2D eigenvalue weighted by atomic mass is 10.2. The summed E-state index contributed by atoms with van der Waals surface area (Å²) in [6, 6.07) is 7.17. The van der Waals surface area contributed by atoms with Crippen molar-refractivity contribution in [3.8, 4) is 11.5 Å². The molecule has 0 spiro atoms. The molecule has 88 valence electrons. The molecule has 17 heavy (non-hydrogen) atoms. The largest absolute Gasteiger partial charge is 0.440 e. The van der Waals surface area contributed by atoms with Gasteiger partial charge in [-0.2, -0.15) is 0 Å². The number of hydrogen-bond donors (Lipinski definition) is 2. The normalized spacial score (nSPS) is 10.4. The van der Waals surface area contributed by atoms with E-state index < -0.39 is 5.91 Å². The monoisotopic (exact) mass is 231 g/mol. The maximum absolute atomic E-state index is 11.2. The average molecular weight is 231 g/mol. The molecular formula is C12H13N3O2. The Hall–Kier alpha value is -2.30. The van der Waals surface area contributed by atoms with E-state index in [1.54, 1.807) is 12.1 Å². The van der Waals surface area contributed by atoms with Gasteiger partial charge in [0.2, 0.25) is 5.89 Å². The van der Waals surface area contributed by atoms with Crippen molar-refractivity contribution in [2.24, 2.45) is 5.73 Å². The van der Waals surface area contributed by atoms with E-state index >= 15 is 0 Å². The van der Waals surface area contributed by atoms with Gasteiger partial charge in [0.15, 0.2) is 5.69 Å². The summed E-state index contributed by atoms with van der Waals surface area (Å²) < 4.78 is 5.50. The first-order valence-electron chi connectivity index (χ1n) is 5.27. The van der Waals surface area contributed by atoms with E-state index in [-0.39, 0.29) is 5.69 Å². The fraction of sp³-hybridized carbons (Fsp3) is 0.167. The summed E-state index contributed by atoms with van der Waals surface area (Å²) in [5.74, 6) is 0.218. The van der Waals surface area contributed by atoms with Crippen molar-refractivity contribution >= 4 is 11.6 Å². The lowest BCUT2D eigenvalue weighted by Crippen LogP contribution is -2.13. The van der Waals surface area contributed by atoms with Crippen LogP contribution in [0.3, 0.4) is 0 Å². The van der Waals surface area contributed by atoms with E-state index in [2.05, 4.69) is 4.98 Å². The molecule has 1 aromatic carbocycles. The molecule has 0 aliphatic rings. The second-order valence-corrected chi connectivity index (χ2v) is 3.60. The molecule has 5 nitrogen and oxygen atoms in total. The molecule has 0 radical (unpaired) electrons. The van der Waals surface area contributed by atoms with Gasteiger partial charge < -0.3 is 15.9 Å². The van der Waals surface area contributed by atoms with Crippen LogP contribution in [0, 0.1) is 0 Å². The highest BCUT2D eigenvalue weighted by Crippen LogP contribution is 2.26. The highest BCUT2D eigenvalue weighted by Gasteiger charge is 2.18. The number of para-hydroxylation sites is 1. The predicted octanol–water partition coefficient (Wildman–Crippen LogP) is 1.59. The van der Waals surface area contributed by atoms with Crippen molar-refractivity contribution in [3.63, 3.8) is 0 Å². The topological polar surface area (TPSA) is 95.1 Å². The first kappa shape index (κ1) is 11.2. The number of amides is 1. The Morgan fingerprint density at radius 1 is 1.41 bits per heavy atom. The third-order valence-corrected chi connectivity index (χ3v) is 2.44. The Kier molecular flexibility index (Phi) is 2.82. The summed E-state index contributed by atoms with van der Waals surface area (Å²) in [6.07, 6.45) is 0.554. The summed E-state index contributed by atoms with van der Waals surface area (Å²) in [6.45, 7) is 1.87. The smallest absolute Gasteiger partial charge is 0.270 e. The van der Waals surface area contributed by atoms with Gasteiger partial charge in [-0.15, -0.1) is 0 Å². The van der Waals surface area contributed by atoms with E-state index in [1.165, 1.54) is 0 Å². The molecule has 0 aliphatic carbocycles. The van der Waals surface area contributed by atoms with E-state index in [4.69, 9.17) is 15.9 Å². The molecule has 0 saturated carbocycles. The number of primary amides is 1. The number of carbonyl (C=O) groups excluding carboxylic acids is 1. The Bertz CT molecular complexity index is 561. The highest BCUT2D eigenvalue weighted by molar-refractivity contribution is 5.92. The van der Waals surface area contributed by atoms with Gasteiger partial charge in [0.05, 0.1) is 5.56 Å². The van der Waals surface area contributed by atoms with Crippen LogP contribution in [-0.2, 0) is 6.42 Å². The van der Waals surface area contributed by atoms with Crippen molar-refractivity contribution < 1.29 is 9.21 Å². The molecule has 0 aliphatic heterocycles. The van der Waals surface area contributed by atoms with Crippen molar-refractivity contribution in [2.45, 2.75) is 13.3 Å². The highest BCUT2D eigenvalue weighted by atomic mass is 16.4. The molecule has 0 saturated heterocycles. The number of benzene rings is 1. The molecule has 1 aromatic heterocycles. The van der Waals surface area contributed by atoms with E-state index in [0.29, 0.717) is 29.3 Å². The molecule has 5 heteroatoms. The standard InChI is InChI=1S/C12H13N3O2/c1-2-9-10(11(14)16)15-12(17-9)7-5-3-4-6-8(7)13/h3-6H,2,13H2,1H3,(H2,14,16). The van der Waals surface area contributed by atoms with Crippen LogP contribution < -0.4 is 11.5 Å². The van der Waals surface area contributed by atoms with Gasteiger partial charge in [-0.1, -0.05) is 19.1 Å². The summed E-state index contributed by atoms with van der Waals surface area (Å²) >= 11 is 0. The van der Waals surface area contributed by atoms with Crippen molar-refractivity contribution in [2.75, 3.05) is 5.73 Å². The Morgan fingerprint density at radius 2 is 2.12 bits per heavy atom. The van der Waals surface area contributed by atoms with Gasteiger partial charge in [-0.25, -0.2) is 4.98 Å². The maximum atomic E-state index is 11.2. The number of hydrogen-bond acceptors (Lipinski definition) is 4. The maximum Gasteiger partial charge on any atom is 0.270 e. The molecule has 1 heterocycles. The molecule has 2 aromatic rings. The van der Waals surface area contributed by atoms with Crippen LogP contribution in [0.1, 0.15) is 23.2 Å². The van der Waals surface area contributed by atoms with Crippen LogP contribution in [0.4, 0.5) is 5.69 Å². The lowest BCUT2D eigenvalue weighted by Gasteiger charge is -1.99. The fourth-order valence-corrected chi connectivity index (χ4v) is 1.59. The Labute approximate surface area is 98.4 Å². The van der Waals surface area contributed by atoms with Crippen LogP contribution in [0.5, 0.6) is 0 Å². The molecule has 0 fully saturated rings. The number of nitrogen functional groups attached to an aromatic ring is 1. The third-order valence-electron chi connectivity index (χ3n) is 2.44. The number of anilines is 1. The van der Waals surface area contributed by atoms with E-state index in [1.807, 2.05) is 19.1 Å². The molecule has 2 rings (SSSR count). The van der Waals surface area contributed by atoms with Crippen molar-refractivity contribution in [3.05, 3.63) is 35.7 Å². The van der Waals surface area contributed by atoms with Crippen LogP contribution in [-0.4, -0.2) is 10.9 Å². The quantitative estimate of drug-likeness (QED) is 0.784. The second-order valence-electron chi connectivity index (χ2n) is 3.60. The molecule has 1 amide bonds. The fourth-order valence-electron chi connectivity index (χ4n) is 1.59. The second kappa shape index (κ2) is 4.29. The summed E-state index contributed by atoms with van der Waals surface area (Å²) in [4.78, 5) is 15.3. The van der Waals surface area contributed by atoms with Crippen LogP contribution >= 0.6 is 0 Å². The Morgan fingerprint density at radius 3 is 2.65 bits per heavy atom. The molecule has 4 N–H and O–H groups in total. The molecule has 0 atom stereocenters. The molecular weight excluding hydrogens is 218 g/mol. The third kappa shape index (κ3) is 1.99. The van der Waals surface area contributed by atoms with E-state index in [0.717, 1.165) is 0 Å². The number of aromatic nitrogens is 1. The number of rotatable bonds is 3. The summed E-state index contributed by atoms with van der Waals surface area (Å²) in [7, 11) is 0. The zero-order valence-corrected chi connectivity index (χ0v) is 9.43.